The summed E-state index contributed by atoms with van der Waals surface area (Å²) < 4.78 is 9.27. The smallest absolute Gasteiger partial charge is 0.407 e. The molecule has 0 unspecified atom stereocenters. The molecule has 0 aliphatic rings. The summed E-state index contributed by atoms with van der Waals surface area (Å²) in [5.41, 5.74) is 0.948. The molecule has 1 rings (SSSR count). The average molecular weight is 238 g/mol. The second kappa shape index (κ2) is 6.47. The van der Waals surface area contributed by atoms with Gasteiger partial charge in [0.1, 0.15) is 0 Å². The van der Waals surface area contributed by atoms with E-state index < -0.39 is 12.1 Å². The van der Waals surface area contributed by atoms with Crippen molar-refractivity contribution in [2.24, 2.45) is 0 Å². The van der Waals surface area contributed by atoms with Gasteiger partial charge in [-0.3, -0.25) is 4.98 Å². The van der Waals surface area contributed by atoms with Gasteiger partial charge in [-0.05, 0) is 19.1 Å². The fraction of sp³-hybridized carbons (Fsp3) is 0.364. The molecule has 92 valence electrons. The topological polar surface area (TPSA) is 77.5 Å². The lowest BCUT2D eigenvalue weighted by molar-refractivity contribution is 0.0600. The van der Waals surface area contributed by atoms with Crippen LogP contribution in [0.3, 0.4) is 0 Å². The first-order valence-electron chi connectivity index (χ1n) is 5.11. The molecular weight excluding hydrogens is 224 g/mol. The van der Waals surface area contributed by atoms with Crippen molar-refractivity contribution >= 4 is 12.1 Å². The van der Waals surface area contributed by atoms with Gasteiger partial charge in [0.15, 0.2) is 0 Å². The Hall–Kier alpha value is -2.11. The summed E-state index contributed by atoms with van der Waals surface area (Å²) in [6.45, 7) is 2.22. The van der Waals surface area contributed by atoms with Gasteiger partial charge in [-0.1, -0.05) is 0 Å². The van der Waals surface area contributed by atoms with Crippen LogP contribution in [0.25, 0.3) is 0 Å². The molecule has 0 radical (unpaired) electrons. The maximum absolute atomic E-state index is 11.2. The van der Waals surface area contributed by atoms with Crippen LogP contribution in [0.15, 0.2) is 18.3 Å². The third-order valence-corrected chi connectivity index (χ3v) is 1.93. The van der Waals surface area contributed by atoms with Gasteiger partial charge in [0.25, 0.3) is 0 Å². The molecule has 1 aromatic rings. The molecule has 6 nitrogen and oxygen atoms in total. The zero-order valence-electron chi connectivity index (χ0n) is 9.73. The Morgan fingerprint density at radius 2 is 2.24 bits per heavy atom. The standard InChI is InChI=1S/C11H14N2O4/c1-3-17-11(15)13-7-9-6-8(4-5-12-9)10(14)16-2/h4-6H,3,7H2,1-2H3,(H,13,15). The van der Waals surface area contributed by atoms with E-state index in [4.69, 9.17) is 4.74 Å². The Morgan fingerprint density at radius 1 is 1.47 bits per heavy atom. The predicted octanol–water partition coefficient (Wildman–Crippen LogP) is 1.11. The van der Waals surface area contributed by atoms with Crippen LogP contribution in [0.4, 0.5) is 4.79 Å². The van der Waals surface area contributed by atoms with E-state index in [2.05, 4.69) is 15.0 Å². The number of pyridine rings is 1. The Balaban J connectivity index is 2.60. The largest absolute Gasteiger partial charge is 0.465 e. The Labute approximate surface area is 98.9 Å². The average Bonchev–Trinajstić information content (AvgIpc) is 2.36. The Bertz CT molecular complexity index is 406. The predicted molar refractivity (Wildman–Crippen MR) is 59.4 cm³/mol. The van der Waals surface area contributed by atoms with E-state index in [1.54, 1.807) is 19.1 Å². The number of aromatic nitrogens is 1. The highest BCUT2D eigenvalue weighted by Crippen LogP contribution is 2.03. The number of hydrogen-bond acceptors (Lipinski definition) is 5. The summed E-state index contributed by atoms with van der Waals surface area (Å²) in [5, 5.41) is 2.51. The van der Waals surface area contributed by atoms with E-state index in [1.807, 2.05) is 0 Å². The summed E-state index contributed by atoms with van der Waals surface area (Å²) in [7, 11) is 1.30. The number of nitrogens with one attached hydrogen (secondary N) is 1. The molecule has 0 aromatic carbocycles. The molecule has 1 aromatic heterocycles. The van der Waals surface area contributed by atoms with Gasteiger partial charge >= 0.3 is 12.1 Å². The lowest BCUT2D eigenvalue weighted by Gasteiger charge is -2.05. The monoisotopic (exact) mass is 238 g/mol. The first-order valence-corrected chi connectivity index (χ1v) is 5.11. The summed E-state index contributed by atoms with van der Waals surface area (Å²) >= 11 is 0. The molecular formula is C11H14N2O4. The molecule has 0 aliphatic carbocycles. The maximum atomic E-state index is 11.2. The molecule has 1 heterocycles. The molecule has 6 heteroatoms. The first-order chi connectivity index (χ1) is 8.17. The molecule has 0 bridgehead atoms. The molecule has 0 saturated carbocycles. The van der Waals surface area contributed by atoms with E-state index in [0.29, 0.717) is 17.9 Å². The highest BCUT2D eigenvalue weighted by Gasteiger charge is 2.07. The number of rotatable bonds is 4. The zero-order chi connectivity index (χ0) is 12.7. The highest BCUT2D eigenvalue weighted by molar-refractivity contribution is 5.89. The van der Waals surface area contributed by atoms with Crippen LogP contribution in [-0.4, -0.2) is 30.8 Å². The number of methoxy groups -OCH3 is 1. The van der Waals surface area contributed by atoms with Crippen molar-refractivity contribution in [1.29, 1.82) is 0 Å². The third kappa shape index (κ3) is 4.10. The fourth-order valence-electron chi connectivity index (χ4n) is 1.16. The van der Waals surface area contributed by atoms with E-state index in [1.165, 1.54) is 13.3 Å². The fourth-order valence-corrected chi connectivity index (χ4v) is 1.16. The summed E-state index contributed by atoms with van der Waals surface area (Å²) in [6, 6.07) is 3.09. The minimum Gasteiger partial charge on any atom is -0.465 e. The van der Waals surface area contributed by atoms with Crippen molar-refractivity contribution < 1.29 is 19.1 Å². The number of carbonyl (C=O) groups is 2. The molecule has 0 spiro atoms. The van der Waals surface area contributed by atoms with Crippen LogP contribution in [0.5, 0.6) is 0 Å². The van der Waals surface area contributed by atoms with Crippen molar-refractivity contribution in [3.63, 3.8) is 0 Å². The number of nitrogens with zero attached hydrogens (tertiary/aromatic N) is 1. The van der Waals surface area contributed by atoms with E-state index in [9.17, 15) is 9.59 Å². The lowest BCUT2D eigenvalue weighted by Crippen LogP contribution is -2.24. The van der Waals surface area contributed by atoms with Crippen LogP contribution in [-0.2, 0) is 16.0 Å². The molecule has 0 atom stereocenters. The van der Waals surface area contributed by atoms with E-state index in [-0.39, 0.29) is 6.54 Å². The Kier molecular flexibility index (Phi) is 4.93. The van der Waals surface area contributed by atoms with Crippen LogP contribution in [0, 0.1) is 0 Å². The first kappa shape index (κ1) is 13.0. The SMILES string of the molecule is CCOC(=O)NCc1cc(C(=O)OC)ccn1. The number of alkyl carbamates (subject to hydrolysis) is 1. The van der Waals surface area contributed by atoms with Gasteiger partial charge in [-0.2, -0.15) is 0 Å². The van der Waals surface area contributed by atoms with Crippen LogP contribution < -0.4 is 5.32 Å². The van der Waals surface area contributed by atoms with Gasteiger partial charge in [0.05, 0.1) is 31.5 Å². The number of hydrogen-bond donors (Lipinski definition) is 1. The normalized spacial score (nSPS) is 9.53. The second-order valence-electron chi connectivity index (χ2n) is 3.10. The zero-order valence-corrected chi connectivity index (χ0v) is 9.73. The van der Waals surface area contributed by atoms with Crippen LogP contribution >= 0.6 is 0 Å². The van der Waals surface area contributed by atoms with Crippen LogP contribution in [0.1, 0.15) is 23.0 Å². The van der Waals surface area contributed by atoms with Crippen molar-refractivity contribution in [3.8, 4) is 0 Å². The molecule has 1 amide bonds. The van der Waals surface area contributed by atoms with Gasteiger partial charge < -0.3 is 14.8 Å². The summed E-state index contributed by atoms with van der Waals surface area (Å²) in [4.78, 5) is 26.3. The van der Waals surface area contributed by atoms with Gasteiger partial charge in [0.2, 0.25) is 0 Å². The van der Waals surface area contributed by atoms with Crippen molar-refractivity contribution in [2.75, 3.05) is 13.7 Å². The summed E-state index contributed by atoms with van der Waals surface area (Å²) in [5.74, 6) is -0.440. The molecule has 0 fully saturated rings. The third-order valence-electron chi connectivity index (χ3n) is 1.93. The van der Waals surface area contributed by atoms with Crippen molar-refractivity contribution in [1.82, 2.24) is 10.3 Å². The molecule has 0 aliphatic heterocycles. The van der Waals surface area contributed by atoms with Gasteiger partial charge in [-0.15, -0.1) is 0 Å². The maximum Gasteiger partial charge on any atom is 0.407 e. The quantitative estimate of drug-likeness (QED) is 0.795. The van der Waals surface area contributed by atoms with Gasteiger partial charge in [0, 0.05) is 6.20 Å². The highest BCUT2D eigenvalue weighted by atomic mass is 16.5. The number of esters is 1. The Morgan fingerprint density at radius 3 is 2.88 bits per heavy atom. The van der Waals surface area contributed by atoms with Crippen LogP contribution in [0.2, 0.25) is 0 Å². The number of ether oxygens (including phenoxy) is 2. The summed E-state index contributed by atoms with van der Waals surface area (Å²) in [6.07, 6.45) is 0.965. The van der Waals surface area contributed by atoms with Gasteiger partial charge in [-0.25, -0.2) is 9.59 Å². The van der Waals surface area contributed by atoms with Crippen molar-refractivity contribution in [3.05, 3.63) is 29.6 Å². The minimum absolute atomic E-state index is 0.198. The number of amides is 1. The molecule has 17 heavy (non-hydrogen) atoms. The second-order valence-corrected chi connectivity index (χ2v) is 3.10. The lowest BCUT2D eigenvalue weighted by atomic mass is 10.2. The van der Waals surface area contributed by atoms with Crippen molar-refractivity contribution in [2.45, 2.75) is 13.5 Å². The minimum atomic E-state index is -0.516. The number of carbonyl (C=O) groups excluding carboxylic acids is 2. The molecule has 0 saturated heterocycles. The molecule has 1 N–H and O–H groups in total. The van der Waals surface area contributed by atoms with E-state index in [0.717, 1.165) is 0 Å². The van der Waals surface area contributed by atoms with E-state index >= 15 is 0 Å².